The number of aryl methyl sites for hydroxylation is 1. The number of amides is 1. The zero-order chi connectivity index (χ0) is 20.7. The zero-order valence-electron chi connectivity index (χ0n) is 17.8. The first kappa shape index (κ1) is 25.5. The predicted molar refractivity (Wildman–Crippen MR) is 134 cm³/mol. The maximum atomic E-state index is 12.4. The van der Waals surface area contributed by atoms with Crippen molar-refractivity contribution in [1.82, 2.24) is 19.7 Å². The molecule has 2 rings (SSSR count). The van der Waals surface area contributed by atoms with Gasteiger partial charge in [0.2, 0.25) is 0 Å². The molecule has 2 aromatic rings. The Balaban J connectivity index is 0.00000420. The van der Waals surface area contributed by atoms with Crippen molar-refractivity contribution in [3.05, 3.63) is 57.8 Å². The first-order valence-corrected chi connectivity index (χ1v) is 10.3. The van der Waals surface area contributed by atoms with E-state index in [0.29, 0.717) is 6.54 Å². The number of hydrogen-bond donors (Lipinski definition) is 1. The van der Waals surface area contributed by atoms with Gasteiger partial charge in [-0.2, -0.15) is 0 Å². The number of aromatic nitrogens is 1. The lowest BCUT2D eigenvalue weighted by Gasteiger charge is -2.22. The molecule has 0 unspecified atom stereocenters. The topological polar surface area (TPSA) is 52.9 Å². The van der Waals surface area contributed by atoms with E-state index in [1.54, 1.807) is 7.05 Å². The van der Waals surface area contributed by atoms with Gasteiger partial charge in [-0.15, -0.1) is 24.0 Å². The monoisotopic (exact) mass is 575 g/mol. The average molecular weight is 576 g/mol. The summed E-state index contributed by atoms with van der Waals surface area (Å²) in [4.78, 5) is 20.7. The smallest absolute Gasteiger partial charge is 0.253 e. The second kappa shape index (κ2) is 12.2. The maximum Gasteiger partial charge on any atom is 0.253 e. The minimum Gasteiger partial charge on any atom is -0.352 e. The fourth-order valence-electron chi connectivity index (χ4n) is 3.07. The van der Waals surface area contributed by atoms with Crippen LogP contribution in [0.4, 0.5) is 0 Å². The standard InChI is InChI=1S/C21H30BrN5O.HI/c1-6-27(7-2)20(28)17-10-8-16(9-11-17)13-24-21(23-3)26(5)15-19-12-18(22)14-25(19)4;/h8-12,14H,6-7,13,15H2,1-5H3,(H,23,24);1H. The van der Waals surface area contributed by atoms with Gasteiger partial charge in [0.05, 0.1) is 6.54 Å². The van der Waals surface area contributed by atoms with E-state index in [1.807, 2.05) is 63.3 Å². The molecule has 0 radical (unpaired) electrons. The van der Waals surface area contributed by atoms with Crippen LogP contribution in [0.15, 0.2) is 46.0 Å². The molecule has 0 aliphatic carbocycles. The largest absolute Gasteiger partial charge is 0.352 e. The summed E-state index contributed by atoms with van der Waals surface area (Å²) in [5, 5.41) is 3.39. The highest BCUT2D eigenvalue weighted by atomic mass is 127. The number of hydrogen-bond acceptors (Lipinski definition) is 2. The minimum atomic E-state index is 0. The van der Waals surface area contributed by atoms with Crippen molar-refractivity contribution in [3.63, 3.8) is 0 Å². The molecular formula is C21H31BrIN5O. The van der Waals surface area contributed by atoms with Crippen molar-refractivity contribution in [2.45, 2.75) is 26.9 Å². The number of aliphatic imine (C=N–C) groups is 1. The van der Waals surface area contributed by atoms with Gasteiger partial charge in [-0.1, -0.05) is 12.1 Å². The van der Waals surface area contributed by atoms with Crippen LogP contribution in [-0.2, 0) is 20.1 Å². The highest BCUT2D eigenvalue weighted by Crippen LogP contribution is 2.15. The normalized spacial score (nSPS) is 11.0. The van der Waals surface area contributed by atoms with E-state index in [2.05, 4.69) is 41.8 Å². The van der Waals surface area contributed by atoms with Crippen LogP contribution in [-0.4, -0.2) is 53.4 Å². The summed E-state index contributed by atoms with van der Waals surface area (Å²) in [6.45, 7) is 6.83. The molecule has 0 fully saturated rings. The molecule has 1 N–H and O–H groups in total. The molecular weight excluding hydrogens is 545 g/mol. The second-order valence-corrected chi connectivity index (χ2v) is 7.61. The molecule has 0 saturated carbocycles. The SMILES string of the molecule is CCN(CC)C(=O)c1ccc(CNC(=NC)N(C)Cc2cc(Br)cn2C)cc1.I. The van der Waals surface area contributed by atoms with Gasteiger partial charge in [0, 0.05) is 62.7 Å². The van der Waals surface area contributed by atoms with Gasteiger partial charge in [-0.3, -0.25) is 9.79 Å². The fourth-order valence-corrected chi connectivity index (χ4v) is 3.64. The Morgan fingerprint density at radius 1 is 1.21 bits per heavy atom. The quantitative estimate of drug-likeness (QED) is 0.307. The van der Waals surface area contributed by atoms with Crippen LogP contribution in [0.1, 0.15) is 35.5 Å². The molecule has 29 heavy (non-hydrogen) atoms. The summed E-state index contributed by atoms with van der Waals surface area (Å²) in [6, 6.07) is 9.88. The number of nitrogens with one attached hydrogen (secondary N) is 1. The molecule has 0 saturated heterocycles. The minimum absolute atomic E-state index is 0. The van der Waals surface area contributed by atoms with Gasteiger partial charge in [0.1, 0.15) is 0 Å². The summed E-state index contributed by atoms with van der Waals surface area (Å²) >= 11 is 3.51. The molecule has 1 aromatic heterocycles. The Labute approximate surface area is 199 Å². The zero-order valence-corrected chi connectivity index (χ0v) is 21.7. The molecule has 1 heterocycles. The summed E-state index contributed by atoms with van der Waals surface area (Å²) in [7, 11) is 5.83. The second-order valence-electron chi connectivity index (χ2n) is 6.69. The molecule has 0 spiro atoms. The number of benzene rings is 1. The van der Waals surface area contributed by atoms with Crippen molar-refractivity contribution in [2.24, 2.45) is 12.0 Å². The van der Waals surface area contributed by atoms with Gasteiger partial charge in [-0.05, 0) is 53.5 Å². The Hall–Kier alpha value is -1.55. The molecule has 6 nitrogen and oxygen atoms in total. The Morgan fingerprint density at radius 2 is 1.83 bits per heavy atom. The predicted octanol–water partition coefficient (Wildman–Crippen LogP) is 4.10. The molecule has 160 valence electrons. The van der Waals surface area contributed by atoms with Gasteiger partial charge in [-0.25, -0.2) is 0 Å². The van der Waals surface area contributed by atoms with E-state index in [0.717, 1.165) is 41.2 Å². The number of nitrogens with zero attached hydrogens (tertiary/aromatic N) is 4. The van der Waals surface area contributed by atoms with Crippen LogP contribution in [0.5, 0.6) is 0 Å². The van der Waals surface area contributed by atoms with Gasteiger partial charge < -0.3 is 19.7 Å². The maximum absolute atomic E-state index is 12.4. The third kappa shape index (κ3) is 7.02. The van der Waals surface area contributed by atoms with Crippen LogP contribution in [0.25, 0.3) is 0 Å². The molecule has 8 heteroatoms. The van der Waals surface area contributed by atoms with Gasteiger partial charge in [0.15, 0.2) is 5.96 Å². The molecule has 0 aliphatic heterocycles. The van der Waals surface area contributed by atoms with Crippen molar-refractivity contribution < 1.29 is 4.79 Å². The molecule has 0 atom stereocenters. The first-order valence-electron chi connectivity index (χ1n) is 9.50. The molecule has 1 amide bonds. The average Bonchev–Trinajstić information content (AvgIpc) is 3.00. The highest BCUT2D eigenvalue weighted by molar-refractivity contribution is 14.0. The Bertz CT molecular complexity index is 815. The van der Waals surface area contributed by atoms with Gasteiger partial charge >= 0.3 is 0 Å². The number of carbonyl (C=O) groups is 1. The summed E-state index contributed by atoms with van der Waals surface area (Å²) < 4.78 is 3.17. The summed E-state index contributed by atoms with van der Waals surface area (Å²) in [5.74, 6) is 0.898. The lowest BCUT2D eigenvalue weighted by molar-refractivity contribution is 0.0773. The van der Waals surface area contributed by atoms with E-state index in [1.165, 1.54) is 5.69 Å². The van der Waals surface area contributed by atoms with Crippen LogP contribution >= 0.6 is 39.9 Å². The number of halogens is 2. The van der Waals surface area contributed by atoms with Crippen molar-refractivity contribution in [2.75, 3.05) is 27.2 Å². The van der Waals surface area contributed by atoms with E-state index >= 15 is 0 Å². The molecule has 1 aromatic carbocycles. The first-order chi connectivity index (χ1) is 13.4. The van der Waals surface area contributed by atoms with Crippen molar-refractivity contribution in [1.29, 1.82) is 0 Å². The van der Waals surface area contributed by atoms with E-state index in [9.17, 15) is 4.79 Å². The van der Waals surface area contributed by atoms with E-state index in [4.69, 9.17) is 0 Å². The Morgan fingerprint density at radius 3 is 2.31 bits per heavy atom. The third-order valence-electron chi connectivity index (χ3n) is 4.75. The van der Waals surface area contributed by atoms with Crippen LogP contribution in [0.2, 0.25) is 0 Å². The lowest BCUT2D eigenvalue weighted by atomic mass is 10.1. The Kier molecular flexibility index (Phi) is 10.7. The van der Waals surface area contributed by atoms with Crippen molar-refractivity contribution >= 4 is 51.8 Å². The lowest BCUT2D eigenvalue weighted by Crippen LogP contribution is -2.38. The summed E-state index contributed by atoms with van der Waals surface area (Å²) in [6.07, 6.45) is 2.04. The van der Waals surface area contributed by atoms with Gasteiger partial charge in [0.25, 0.3) is 5.91 Å². The summed E-state index contributed by atoms with van der Waals surface area (Å²) in [5.41, 5.74) is 3.02. The molecule has 0 aliphatic rings. The number of guanidine groups is 1. The molecule has 0 bridgehead atoms. The number of carbonyl (C=O) groups excluding carboxylic acids is 1. The third-order valence-corrected chi connectivity index (χ3v) is 5.18. The van der Waals surface area contributed by atoms with E-state index in [-0.39, 0.29) is 29.9 Å². The number of rotatable bonds is 7. The fraction of sp³-hybridized carbons (Fsp3) is 0.429. The van der Waals surface area contributed by atoms with Crippen LogP contribution in [0, 0.1) is 0 Å². The van der Waals surface area contributed by atoms with E-state index < -0.39 is 0 Å². The van der Waals surface area contributed by atoms with Crippen LogP contribution in [0.3, 0.4) is 0 Å². The van der Waals surface area contributed by atoms with Crippen LogP contribution < -0.4 is 5.32 Å². The highest BCUT2D eigenvalue weighted by Gasteiger charge is 2.13. The van der Waals surface area contributed by atoms with Crippen molar-refractivity contribution in [3.8, 4) is 0 Å².